The first-order valence-corrected chi connectivity index (χ1v) is 12.9. The number of rotatable bonds is 7. The number of ether oxygens (including phenoxy) is 1. The van der Waals surface area contributed by atoms with Gasteiger partial charge >= 0.3 is 0 Å². The second-order valence-electron chi connectivity index (χ2n) is 8.96. The van der Waals surface area contributed by atoms with E-state index in [1.54, 1.807) is 34.9 Å². The number of benzene rings is 3. The van der Waals surface area contributed by atoms with Crippen LogP contribution in [0.5, 0.6) is 11.6 Å². The molecule has 0 unspecified atom stereocenters. The van der Waals surface area contributed by atoms with Gasteiger partial charge in [0.25, 0.3) is 5.91 Å². The van der Waals surface area contributed by atoms with E-state index >= 15 is 0 Å². The maximum Gasteiger partial charge on any atom is 0.295 e. The number of aromatic hydroxyl groups is 1. The Hall–Kier alpha value is -3.39. The Morgan fingerprint density at radius 2 is 1.65 bits per heavy atom. The van der Waals surface area contributed by atoms with Crippen LogP contribution >= 0.6 is 23.2 Å². The number of amides is 1. The van der Waals surface area contributed by atoms with E-state index in [-0.39, 0.29) is 11.6 Å². The highest BCUT2D eigenvalue weighted by atomic mass is 35.5. The van der Waals surface area contributed by atoms with Crippen molar-refractivity contribution in [3.8, 4) is 11.6 Å². The summed E-state index contributed by atoms with van der Waals surface area (Å²) < 4.78 is 7.55. The van der Waals surface area contributed by atoms with E-state index in [9.17, 15) is 9.90 Å². The molecule has 1 N–H and O–H groups in total. The number of hydrogen-bond acceptors (Lipinski definition) is 5. The number of carbonyl (C=O) groups is 1. The van der Waals surface area contributed by atoms with Crippen molar-refractivity contribution in [3.63, 3.8) is 0 Å². The molecule has 1 aliphatic rings. The molecule has 7 nitrogen and oxygen atoms in total. The fourth-order valence-corrected chi connectivity index (χ4v) is 4.94. The van der Waals surface area contributed by atoms with Crippen molar-refractivity contribution in [2.45, 2.75) is 32.5 Å². The lowest BCUT2D eigenvalue weighted by atomic mass is 10.1. The van der Waals surface area contributed by atoms with Crippen molar-refractivity contribution in [1.29, 1.82) is 0 Å². The van der Waals surface area contributed by atoms with Gasteiger partial charge in [-0.25, -0.2) is 0 Å². The molecule has 1 aromatic heterocycles. The third-order valence-corrected chi connectivity index (χ3v) is 7.15. The molecule has 37 heavy (non-hydrogen) atoms. The molecule has 0 aliphatic carbocycles. The van der Waals surface area contributed by atoms with Crippen LogP contribution in [-0.2, 0) is 13.3 Å². The zero-order chi connectivity index (χ0) is 25.8. The molecule has 0 atom stereocenters. The Labute approximate surface area is 224 Å². The van der Waals surface area contributed by atoms with Gasteiger partial charge in [-0.3, -0.25) is 14.3 Å². The van der Waals surface area contributed by atoms with Crippen LogP contribution in [0.15, 0.2) is 77.0 Å². The van der Waals surface area contributed by atoms with Gasteiger partial charge in [-0.2, -0.15) is 0 Å². The molecule has 190 valence electrons. The smallest absolute Gasteiger partial charge is 0.295 e. The predicted molar refractivity (Wildman–Crippen MR) is 145 cm³/mol. The summed E-state index contributed by atoms with van der Waals surface area (Å²) in [5, 5.41) is 20.7. The second kappa shape index (κ2) is 11.3. The summed E-state index contributed by atoms with van der Waals surface area (Å²) in [6, 6.07) is 19.5. The van der Waals surface area contributed by atoms with E-state index in [0.717, 1.165) is 37.0 Å². The number of piperidine rings is 1. The van der Waals surface area contributed by atoms with E-state index in [1.165, 1.54) is 6.42 Å². The van der Waals surface area contributed by atoms with Gasteiger partial charge in [-0.05, 0) is 68.4 Å². The minimum absolute atomic E-state index is 0.0615. The molecule has 9 heteroatoms. The number of aromatic nitrogens is 1. The van der Waals surface area contributed by atoms with Gasteiger partial charge in [0.05, 0.1) is 22.6 Å². The maximum atomic E-state index is 12.8. The van der Waals surface area contributed by atoms with E-state index in [2.05, 4.69) is 15.1 Å². The molecule has 4 aromatic rings. The van der Waals surface area contributed by atoms with Gasteiger partial charge in [0.15, 0.2) is 5.69 Å². The highest BCUT2D eigenvalue weighted by Crippen LogP contribution is 2.42. The fourth-order valence-electron chi connectivity index (χ4n) is 4.49. The van der Waals surface area contributed by atoms with Gasteiger partial charge in [0, 0.05) is 16.1 Å². The van der Waals surface area contributed by atoms with Crippen LogP contribution in [0, 0.1) is 0 Å². The molecule has 0 saturated carbocycles. The van der Waals surface area contributed by atoms with Crippen molar-refractivity contribution in [2.75, 3.05) is 13.1 Å². The zero-order valence-electron chi connectivity index (χ0n) is 20.1. The quantitative estimate of drug-likeness (QED) is 0.246. The summed E-state index contributed by atoms with van der Waals surface area (Å²) in [6.07, 6.45) is 3.48. The number of carbonyl (C=O) groups excluding carboxylic acids is 1. The Bertz CT molecular complexity index is 1440. The molecule has 5 rings (SSSR count). The Morgan fingerprint density at radius 3 is 2.41 bits per heavy atom. The largest absolute Gasteiger partial charge is 0.493 e. The van der Waals surface area contributed by atoms with E-state index in [1.807, 2.05) is 36.4 Å². The van der Waals surface area contributed by atoms with Crippen molar-refractivity contribution < 1.29 is 14.6 Å². The molecule has 1 saturated heterocycles. The van der Waals surface area contributed by atoms with Crippen LogP contribution < -0.4 is 4.74 Å². The number of halogens is 2. The second-order valence-corrected chi connectivity index (χ2v) is 9.78. The highest BCUT2D eigenvalue weighted by Gasteiger charge is 2.22. The van der Waals surface area contributed by atoms with Crippen molar-refractivity contribution in [1.82, 2.24) is 9.47 Å². The fraction of sp³-hybridized carbons (Fsp3) is 0.250. The molecule has 0 radical (unpaired) electrons. The van der Waals surface area contributed by atoms with Crippen molar-refractivity contribution in [3.05, 3.63) is 87.9 Å². The molecule has 2 heterocycles. The lowest BCUT2D eigenvalue weighted by Crippen LogP contribution is -2.31. The Morgan fingerprint density at radius 1 is 0.919 bits per heavy atom. The Kier molecular flexibility index (Phi) is 7.74. The Balaban J connectivity index is 1.33. The first-order valence-electron chi connectivity index (χ1n) is 12.2. The van der Waals surface area contributed by atoms with Crippen LogP contribution in [0.1, 0.15) is 35.2 Å². The third-order valence-electron chi connectivity index (χ3n) is 6.47. The SMILES string of the molecule is O=C(N=Nc1c(O)n(CN2CCCCC2)c2cccc(Cl)c12)c1ccc(OCc2ccccc2Cl)cc1. The molecular weight excluding hydrogens is 511 g/mol. The minimum atomic E-state index is -0.541. The average molecular weight is 537 g/mol. The van der Waals surface area contributed by atoms with E-state index < -0.39 is 5.91 Å². The van der Waals surface area contributed by atoms with Crippen LogP contribution in [0.2, 0.25) is 10.0 Å². The molecule has 0 spiro atoms. The van der Waals surface area contributed by atoms with Crippen LogP contribution in [0.3, 0.4) is 0 Å². The van der Waals surface area contributed by atoms with Gasteiger partial charge < -0.3 is 9.84 Å². The molecule has 1 amide bonds. The van der Waals surface area contributed by atoms with Gasteiger partial charge in [-0.1, -0.05) is 53.9 Å². The number of hydrogen-bond donors (Lipinski definition) is 1. The number of azo groups is 1. The summed E-state index contributed by atoms with van der Waals surface area (Å²) in [4.78, 5) is 15.0. The maximum absolute atomic E-state index is 12.8. The van der Waals surface area contributed by atoms with Gasteiger partial charge in [0.2, 0.25) is 5.88 Å². The van der Waals surface area contributed by atoms with Crippen molar-refractivity contribution >= 4 is 45.7 Å². The standard InChI is InChI=1S/C28H26Cl2N4O3/c29-22-8-3-2-7-20(22)17-37-21-13-11-19(12-14-21)27(35)32-31-26-25-23(30)9-6-10-24(25)34(28(26)36)18-33-15-4-1-5-16-33/h2-3,6-14,36H,1,4-5,15-18H2. The summed E-state index contributed by atoms with van der Waals surface area (Å²) >= 11 is 12.6. The molecular formula is C28H26Cl2N4O3. The molecule has 0 bridgehead atoms. The normalized spacial score (nSPS) is 14.4. The van der Waals surface area contributed by atoms with Crippen molar-refractivity contribution in [2.24, 2.45) is 10.2 Å². The molecule has 1 aliphatic heterocycles. The van der Waals surface area contributed by atoms with Gasteiger partial charge in [-0.15, -0.1) is 10.2 Å². The summed E-state index contributed by atoms with van der Waals surface area (Å²) in [5.41, 5.74) is 2.15. The monoisotopic (exact) mass is 536 g/mol. The topological polar surface area (TPSA) is 79.4 Å². The van der Waals surface area contributed by atoms with Crippen LogP contribution in [0.25, 0.3) is 10.9 Å². The lowest BCUT2D eigenvalue weighted by Gasteiger charge is -2.27. The average Bonchev–Trinajstić information content (AvgIpc) is 3.19. The van der Waals surface area contributed by atoms with E-state index in [0.29, 0.717) is 40.0 Å². The summed E-state index contributed by atoms with van der Waals surface area (Å²) in [7, 11) is 0. The number of fused-ring (bicyclic) bond motifs is 1. The molecule has 1 fully saturated rings. The molecule has 3 aromatic carbocycles. The van der Waals surface area contributed by atoms with Crippen LogP contribution in [0.4, 0.5) is 5.69 Å². The van der Waals surface area contributed by atoms with Gasteiger partial charge in [0.1, 0.15) is 12.4 Å². The van der Waals surface area contributed by atoms with Crippen LogP contribution in [-0.4, -0.2) is 33.6 Å². The predicted octanol–water partition coefficient (Wildman–Crippen LogP) is 7.60. The highest BCUT2D eigenvalue weighted by molar-refractivity contribution is 6.36. The minimum Gasteiger partial charge on any atom is -0.493 e. The number of likely N-dealkylation sites (tertiary alicyclic amines) is 1. The summed E-state index contributed by atoms with van der Waals surface area (Å²) in [5.74, 6) is -0.00630. The third kappa shape index (κ3) is 5.64. The lowest BCUT2D eigenvalue weighted by molar-refractivity contribution is 0.0995. The number of nitrogens with zero attached hydrogens (tertiary/aromatic N) is 4. The summed E-state index contributed by atoms with van der Waals surface area (Å²) in [6.45, 7) is 2.76. The first kappa shape index (κ1) is 25.3. The zero-order valence-corrected chi connectivity index (χ0v) is 21.6. The first-order chi connectivity index (χ1) is 18.0. The van der Waals surface area contributed by atoms with E-state index in [4.69, 9.17) is 27.9 Å².